The van der Waals surface area contributed by atoms with Gasteiger partial charge in [-0.15, -0.1) is 0 Å². The summed E-state index contributed by atoms with van der Waals surface area (Å²) in [5.41, 5.74) is 10.8. The van der Waals surface area contributed by atoms with Gasteiger partial charge in [0.05, 0.1) is 18.6 Å². The molecule has 2 amide bonds. The molecule has 8 heteroatoms. The second-order valence-corrected chi connectivity index (χ2v) is 12.0. The van der Waals surface area contributed by atoms with Crippen molar-refractivity contribution in [3.8, 4) is 5.75 Å². The standard InChI is InChI=1S/C30H37N5O3/c1-34-10-12-35(13-11-34)28(36)20-5-3-4-19(14-20)27-22-8-6-18(15-26(22)32-33-27)24-17-30(24)23-16-21(38-2)7-9-25(23)31-29(30)37/h3-5,7,9,14,16,18,22,24,26-27,32-33H,6,8,10-13,15,17H2,1-2H3,(H,31,37)/t18?,22?,24?,26?,27?,30-/m0/s1. The number of methoxy groups -OCH3 is 1. The van der Waals surface area contributed by atoms with Crippen LogP contribution in [0.2, 0.25) is 0 Å². The van der Waals surface area contributed by atoms with Gasteiger partial charge in [0, 0.05) is 43.5 Å². The first-order chi connectivity index (χ1) is 18.5. The maximum Gasteiger partial charge on any atom is 0.253 e. The third kappa shape index (κ3) is 3.76. The van der Waals surface area contributed by atoms with Crippen molar-refractivity contribution in [1.82, 2.24) is 20.7 Å². The van der Waals surface area contributed by atoms with Gasteiger partial charge < -0.3 is 19.9 Å². The lowest BCUT2D eigenvalue weighted by Crippen LogP contribution is -2.47. The Balaban J connectivity index is 1.04. The quantitative estimate of drug-likeness (QED) is 0.581. The van der Waals surface area contributed by atoms with Crippen molar-refractivity contribution in [3.05, 3.63) is 59.2 Å². The lowest BCUT2D eigenvalue weighted by atomic mass is 9.72. The van der Waals surface area contributed by atoms with Crippen LogP contribution >= 0.6 is 0 Å². The van der Waals surface area contributed by atoms with Crippen LogP contribution < -0.4 is 20.9 Å². The summed E-state index contributed by atoms with van der Waals surface area (Å²) in [5.74, 6) is 2.47. The molecule has 0 aromatic heterocycles. The predicted molar refractivity (Wildman–Crippen MR) is 145 cm³/mol. The van der Waals surface area contributed by atoms with Gasteiger partial charge in [-0.25, -0.2) is 5.43 Å². The molecule has 8 nitrogen and oxygen atoms in total. The highest BCUT2D eigenvalue weighted by atomic mass is 16.5. The third-order valence-corrected chi connectivity index (χ3v) is 10.0. The molecule has 38 heavy (non-hydrogen) atoms. The average Bonchev–Trinajstić information content (AvgIpc) is 3.47. The number of carbonyl (C=O) groups excluding carboxylic acids is 2. The molecule has 5 unspecified atom stereocenters. The number of hydrogen-bond donors (Lipinski definition) is 3. The van der Waals surface area contributed by atoms with Gasteiger partial charge in [0.15, 0.2) is 0 Å². The van der Waals surface area contributed by atoms with Crippen molar-refractivity contribution in [2.75, 3.05) is 45.7 Å². The van der Waals surface area contributed by atoms with E-state index >= 15 is 0 Å². The average molecular weight is 516 g/mol. The molecule has 2 saturated carbocycles. The largest absolute Gasteiger partial charge is 0.497 e. The fourth-order valence-corrected chi connectivity index (χ4v) is 7.76. The highest BCUT2D eigenvalue weighted by Crippen LogP contribution is 2.65. The van der Waals surface area contributed by atoms with E-state index in [-0.39, 0.29) is 23.3 Å². The van der Waals surface area contributed by atoms with Crippen molar-refractivity contribution in [1.29, 1.82) is 0 Å². The number of anilines is 1. The van der Waals surface area contributed by atoms with E-state index in [2.05, 4.69) is 46.3 Å². The molecule has 3 N–H and O–H groups in total. The number of likely N-dealkylation sites (N-methyl/N-ethyl adjacent to an activating group) is 1. The first-order valence-corrected chi connectivity index (χ1v) is 14.1. The SMILES string of the molecule is COc1ccc2c(c1)[C@]1(CC1C1CCC3C(C1)NNC3c1cccc(C(=O)N3CCN(C)CC3)c1)C(=O)N2. The van der Waals surface area contributed by atoms with E-state index < -0.39 is 0 Å². The van der Waals surface area contributed by atoms with Gasteiger partial charge in [-0.05, 0) is 91.9 Å². The summed E-state index contributed by atoms with van der Waals surface area (Å²) in [7, 11) is 3.78. The number of ether oxygens (including phenoxy) is 1. The van der Waals surface area contributed by atoms with Gasteiger partial charge in [-0.2, -0.15) is 0 Å². The monoisotopic (exact) mass is 515 g/mol. The Morgan fingerprint density at radius 2 is 1.89 bits per heavy atom. The van der Waals surface area contributed by atoms with Gasteiger partial charge in [0.2, 0.25) is 5.91 Å². The zero-order chi connectivity index (χ0) is 26.0. The first-order valence-electron chi connectivity index (χ1n) is 14.1. The highest BCUT2D eigenvalue weighted by molar-refractivity contribution is 6.09. The Morgan fingerprint density at radius 1 is 1.05 bits per heavy atom. The molecule has 3 aliphatic heterocycles. The van der Waals surface area contributed by atoms with Crippen LogP contribution in [0.25, 0.3) is 0 Å². The summed E-state index contributed by atoms with van der Waals surface area (Å²) in [6.07, 6.45) is 4.22. The lowest BCUT2D eigenvalue weighted by molar-refractivity contribution is -0.118. The topological polar surface area (TPSA) is 85.9 Å². The van der Waals surface area contributed by atoms with Crippen molar-refractivity contribution < 1.29 is 14.3 Å². The van der Waals surface area contributed by atoms with Crippen molar-refractivity contribution in [3.63, 3.8) is 0 Å². The van der Waals surface area contributed by atoms with Crippen molar-refractivity contribution in [2.45, 2.75) is 43.2 Å². The third-order valence-electron chi connectivity index (χ3n) is 10.0. The molecule has 0 bridgehead atoms. The number of fused-ring (bicyclic) bond motifs is 3. The van der Waals surface area contributed by atoms with Crippen LogP contribution in [0.5, 0.6) is 5.75 Å². The molecule has 6 atom stereocenters. The molecule has 2 saturated heterocycles. The minimum absolute atomic E-state index is 0.136. The number of nitrogens with one attached hydrogen (secondary N) is 3. The number of carbonyl (C=O) groups is 2. The molecule has 1 spiro atoms. The second-order valence-electron chi connectivity index (χ2n) is 12.0. The van der Waals surface area contributed by atoms with Gasteiger partial charge in [-0.1, -0.05) is 12.1 Å². The molecule has 5 aliphatic rings. The van der Waals surface area contributed by atoms with Crippen LogP contribution in [0.15, 0.2) is 42.5 Å². The lowest BCUT2D eigenvalue weighted by Gasteiger charge is -2.34. The molecule has 0 radical (unpaired) electrons. The number of hydrogen-bond acceptors (Lipinski definition) is 6. The van der Waals surface area contributed by atoms with Crippen LogP contribution in [0.3, 0.4) is 0 Å². The minimum atomic E-state index is -0.384. The molecule has 3 heterocycles. The van der Waals surface area contributed by atoms with Gasteiger partial charge in [-0.3, -0.25) is 15.0 Å². The summed E-state index contributed by atoms with van der Waals surface area (Å²) < 4.78 is 5.47. The number of benzene rings is 2. The molecular weight excluding hydrogens is 478 g/mol. The first kappa shape index (κ1) is 24.1. The number of nitrogens with zero attached hydrogens (tertiary/aromatic N) is 2. The minimum Gasteiger partial charge on any atom is -0.497 e. The van der Waals surface area contributed by atoms with E-state index in [1.165, 1.54) is 5.56 Å². The van der Waals surface area contributed by atoms with E-state index in [0.29, 0.717) is 23.8 Å². The number of amides is 2. The van der Waals surface area contributed by atoms with Crippen LogP contribution in [-0.2, 0) is 10.2 Å². The zero-order valence-corrected chi connectivity index (χ0v) is 22.2. The summed E-state index contributed by atoms with van der Waals surface area (Å²) in [5, 5.41) is 3.13. The van der Waals surface area contributed by atoms with E-state index in [0.717, 1.165) is 74.4 Å². The van der Waals surface area contributed by atoms with Gasteiger partial charge in [0.25, 0.3) is 5.91 Å². The number of piperazine rings is 1. The fraction of sp³-hybridized carbons (Fsp3) is 0.533. The van der Waals surface area contributed by atoms with Crippen LogP contribution in [0.4, 0.5) is 5.69 Å². The Bertz CT molecular complexity index is 1270. The maximum atomic E-state index is 13.2. The molecular formula is C30H37N5O3. The van der Waals surface area contributed by atoms with Crippen molar-refractivity contribution >= 4 is 17.5 Å². The van der Waals surface area contributed by atoms with Crippen molar-refractivity contribution in [2.24, 2.45) is 17.8 Å². The van der Waals surface area contributed by atoms with Gasteiger partial charge in [0.1, 0.15) is 5.75 Å². The van der Waals surface area contributed by atoms with E-state index in [9.17, 15) is 9.59 Å². The Labute approximate surface area is 224 Å². The molecule has 2 aromatic rings. The number of hydrazine groups is 1. The maximum absolute atomic E-state index is 13.2. The smallest absolute Gasteiger partial charge is 0.253 e. The predicted octanol–water partition coefficient (Wildman–Crippen LogP) is 2.93. The fourth-order valence-electron chi connectivity index (χ4n) is 7.76. The van der Waals surface area contributed by atoms with E-state index in [1.54, 1.807) is 7.11 Å². The summed E-state index contributed by atoms with van der Waals surface area (Å²) in [6, 6.07) is 14.7. The molecule has 4 fully saturated rings. The summed E-state index contributed by atoms with van der Waals surface area (Å²) in [6.45, 7) is 3.42. The molecule has 7 rings (SSSR count). The van der Waals surface area contributed by atoms with Crippen LogP contribution in [0, 0.1) is 17.8 Å². The second kappa shape index (κ2) is 9.07. The molecule has 2 aromatic carbocycles. The van der Waals surface area contributed by atoms with E-state index in [4.69, 9.17) is 4.74 Å². The molecule has 2 aliphatic carbocycles. The van der Waals surface area contributed by atoms with Gasteiger partial charge >= 0.3 is 0 Å². The Morgan fingerprint density at radius 3 is 2.71 bits per heavy atom. The zero-order valence-electron chi connectivity index (χ0n) is 22.2. The Hall–Kier alpha value is -2.94. The van der Waals surface area contributed by atoms with Crippen LogP contribution in [-0.4, -0.2) is 68.0 Å². The van der Waals surface area contributed by atoms with Crippen LogP contribution in [0.1, 0.15) is 53.2 Å². The number of rotatable bonds is 4. The summed E-state index contributed by atoms with van der Waals surface area (Å²) in [4.78, 5) is 30.6. The molecule has 200 valence electrons. The highest BCUT2D eigenvalue weighted by Gasteiger charge is 2.67. The Kier molecular flexibility index (Phi) is 5.76. The summed E-state index contributed by atoms with van der Waals surface area (Å²) >= 11 is 0. The van der Waals surface area contributed by atoms with E-state index in [1.807, 2.05) is 29.2 Å². The normalized spacial score (nSPS) is 34.1.